The summed E-state index contributed by atoms with van der Waals surface area (Å²) < 4.78 is 24.8. The van der Waals surface area contributed by atoms with Gasteiger partial charge in [-0.05, 0) is 6.92 Å². The first-order valence-electron chi connectivity index (χ1n) is 3.68. The van der Waals surface area contributed by atoms with Crippen molar-refractivity contribution in [3.05, 3.63) is 12.0 Å². The molecule has 0 radical (unpaired) electrons. The molecular weight excluding hydrogens is 194 g/mol. The summed E-state index contributed by atoms with van der Waals surface area (Å²) in [5.74, 6) is 0.532. The molecule has 7 heteroatoms. The number of aliphatic hydroxyl groups is 1. The van der Waals surface area contributed by atoms with E-state index >= 15 is 0 Å². The van der Waals surface area contributed by atoms with Crippen molar-refractivity contribution in [3.8, 4) is 0 Å². The average molecular weight is 205 g/mol. The highest BCUT2D eigenvalue weighted by atomic mass is 32.2. The molecule has 6 nitrogen and oxygen atoms in total. The highest BCUT2D eigenvalue weighted by Gasteiger charge is 2.14. The molecule has 0 aliphatic carbocycles. The number of aromatic nitrogens is 2. The molecule has 1 rings (SSSR count). The molecule has 3 N–H and O–H groups in total. The van der Waals surface area contributed by atoms with Gasteiger partial charge in [-0.2, -0.15) is 0 Å². The molecule has 0 saturated carbocycles. The molecule has 0 fully saturated rings. The third kappa shape index (κ3) is 2.51. The van der Waals surface area contributed by atoms with Crippen molar-refractivity contribution in [1.82, 2.24) is 14.7 Å². The van der Waals surface area contributed by atoms with Crippen molar-refractivity contribution < 1.29 is 13.5 Å². The minimum atomic E-state index is -3.53. The molecule has 1 aromatic rings. The predicted octanol–water partition coefficient (Wildman–Crippen LogP) is -1.01. The van der Waals surface area contributed by atoms with Gasteiger partial charge in [-0.15, -0.1) is 0 Å². The molecule has 1 heterocycles. The Morgan fingerprint density at radius 3 is 2.85 bits per heavy atom. The first-order chi connectivity index (χ1) is 6.06. The molecule has 0 spiro atoms. The lowest BCUT2D eigenvalue weighted by Gasteiger charge is -2.00. The SMILES string of the molecule is Cc1ncc(S(=O)(=O)NCCO)[nH]1. The number of nitrogens with one attached hydrogen (secondary N) is 2. The smallest absolute Gasteiger partial charge is 0.257 e. The molecule has 0 unspecified atom stereocenters. The number of aliphatic hydroxyl groups excluding tert-OH is 1. The number of sulfonamides is 1. The van der Waals surface area contributed by atoms with Crippen LogP contribution in [-0.2, 0) is 10.0 Å². The zero-order chi connectivity index (χ0) is 9.90. The van der Waals surface area contributed by atoms with Crippen LogP contribution in [-0.4, -0.2) is 36.6 Å². The van der Waals surface area contributed by atoms with Crippen LogP contribution in [0.2, 0.25) is 0 Å². The lowest BCUT2D eigenvalue weighted by atomic mass is 10.8. The highest BCUT2D eigenvalue weighted by molar-refractivity contribution is 7.89. The van der Waals surface area contributed by atoms with E-state index in [-0.39, 0.29) is 18.2 Å². The molecule has 0 aliphatic rings. The van der Waals surface area contributed by atoms with E-state index in [1.165, 1.54) is 6.20 Å². The summed E-state index contributed by atoms with van der Waals surface area (Å²) in [4.78, 5) is 6.34. The largest absolute Gasteiger partial charge is 0.395 e. The standard InChI is InChI=1S/C6H11N3O3S/c1-5-7-4-6(9-5)13(11,12)8-2-3-10/h4,8,10H,2-3H2,1H3,(H,7,9). The van der Waals surface area contributed by atoms with Crippen LogP contribution in [0.15, 0.2) is 11.2 Å². The van der Waals surface area contributed by atoms with Crippen molar-refractivity contribution >= 4 is 10.0 Å². The maximum absolute atomic E-state index is 11.3. The summed E-state index contributed by atoms with van der Waals surface area (Å²) in [7, 11) is -3.53. The van der Waals surface area contributed by atoms with E-state index in [0.717, 1.165) is 0 Å². The molecule has 74 valence electrons. The summed E-state index contributed by atoms with van der Waals surface area (Å²) in [5.41, 5.74) is 0. The minimum Gasteiger partial charge on any atom is -0.395 e. The maximum atomic E-state index is 11.3. The average Bonchev–Trinajstić information content (AvgIpc) is 2.49. The molecule has 0 atom stereocenters. The molecule has 0 amide bonds. The fourth-order valence-electron chi connectivity index (χ4n) is 0.793. The lowest BCUT2D eigenvalue weighted by Crippen LogP contribution is -2.26. The fourth-order valence-corrected chi connectivity index (χ4v) is 1.78. The Balaban J connectivity index is 2.82. The van der Waals surface area contributed by atoms with Crippen LogP contribution >= 0.6 is 0 Å². The van der Waals surface area contributed by atoms with Gasteiger partial charge in [0.2, 0.25) is 0 Å². The van der Waals surface area contributed by atoms with Crippen LogP contribution in [0, 0.1) is 6.92 Å². The maximum Gasteiger partial charge on any atom is 0.257 e. The van der Waals surface area contributed by atoms with Gasteiger partial charge in [0.25, 0.3) is 10.0 Å². The summed E-state index contributed by atoms with van der Waals surface area (Å²) in [6.07, 6.45) is 1.23. The van der Waals surface area contributed by atoms with Gasteiger partial charge in [0.05, 0.1) is 12.8 Å². The monoisotopic (exact) mass is 205 g/mol. The summed E-state index contributed by atoms with van der Waals surface area (Å²) in [6, 6.07) is 0. The van der Waals surface area contributed by atoms with Gasteiger partial charge in [-0.3, -0.25) is 0 Å². The Morgan fingerprint density at radius 1 is 1.69 bits per heavy atom. The Morgan fingerprint density at radius 2 is 2.38 bits per heavy atom. The number of aryl methyl sites for hydroxylation is 1. The molecule has 13 heavy (non-hydrogen) atoms. The van der Waals surface area contributed by atoms with Crippen molar-refractivity contribution in [2.24, 2.45) is 0 Å². The second kappa shape index (κ2) is 3.86. The number of rotatable bonds is 4. The first-order valence-corrected chi connectivity index (χ1v) is 5.17. The highest BCUT2D eigenvalue weighted by Crippen LogP contribution is 2.03. The van der Waals surface area contributed by atoms with Gasteiger partial charge >= 0.3 is 0 Å². The second-order valence-corrected chi connectivity index (χ2v) is 4.19. The van der Waals surface area contributed by atoms with Gasteiger partial charge < -0.3 is 10.1 Å². The van der Waals surface area contributed by atoms with Crippen LogP contribution in [0.1, 0.15) is 5.82 Å². The number of nitrogens with zero attached hydrogens (tertiary/aromatic N) is 1. The minimum absolute atomic E-state index is 0.000398. The first kappa shape index (κ1) is 10.2. The van der Waals surface area contributed by atoms with E-state index in [9.17, 15) is 8.42 Å². The third-order valence-corrected chi connectivity index (χ3v) is 2.74. The van der Waals surface area contributed by atoms with E-state index in [4.69, 9.17) is 5.11 Å². The zero-order valence-electron chi connectivity index (χ0n) is 7.11. The molecular formula is C6H11N3O3S. The Hall–Kier alpha value is -0.920. The van der Waals surface area contributed by atoms with Gasteiger partial charge in [-0.1, -0.05) is 0 Å². The van der Waals surface area contributed by atoms with Crippen molar-refractivity contribution in [1.29, 1.82) is 0 Å². The molecule has 1 aromatic heterocycles. The Bertz CT molecular complexity index is 370. The van der Waals surface area contributed by atoms with E-state index in [2.05, 4.69) is 14.7 Å². The van der Waals surface area contributed by atoms with Crippen molar-refractivity contribution in [2.45, 2.75) is 11.9 Å². The summed E-state index contributed by atoms with van der Waals surface area (Å²) in [6.45, 7) is 1.43. The quantitative estimate of drug-likeness (QED) is 0.587. The van der Waals surface area contributed by atoms with Gasteiger partial charge in [-0.25, -0.2) is 18.1 Å². The summed E-state index contributed by atoms with van der Waals surface area (Å²) >= 11 is 0. The number of imidazole rings is 1. The lowest BCUT2D eigenvalue weighted by molar-refractivity contribution is 0.301. The van der Waals surface area contributed by atoms with E-state index in [1.54, 1.807) is 6.92 Å². The second-order valence-electron chi connectivity index (χ2n) is 2.45. The van der Waals surface area contributed by atoms with Crippen LogP contribution < -0.4 is 4.72 Å². The van der Waals surface area contributed by atoms with Crippen LogP contribution in [0.4, 0.5) is 0 Å². The van der Waals surface area contributed by atoms with Gasteiger partial charge in [0, 0.05) is 6.54 Å². The topological polar surface area (TPSA) is 95.1 Å². The normalized spacial score (nSPS) is 11.8. The van der Waals surface area contributed by atoms with Crippen LogP contribution in [0.5, 0.6) is 0 Å². The fraction of sp³-hybridized carbons (Fsp3) is 0.500. The van der Waals surface area contributed by atoms with Gasteiger partial charge in [0.15, 0.2) is 5.03 Å². The van der Waals surface area contributed by atoms with Gasteiger partial charge in [0.1, 0.15) is 5.82 Å². The van der Waals surface area contributed by atoms with Crippen LogP contribution in [0.25, 0.3) is 0 Å². The molecule has 0 saturated heterocycles. The number of hydrogen-bond acceptors (Lipinski definition) is 4. The third-order valence-electron chi connectivity index (χ3n) is 1.37. The van der Waals surface area contributed by atoms with Crippen LogP contribution in [0.3, 0.4) is 0 Å². The predicted molar refractivity (Wildman–Crippen MR) is 45.6 cm³/mol. The molecule has 0 aliphatic heterocycles. The number of aromatic amines is 1. The number of H-pyrrole nitrogens is 1. The Labute approximate surface area is 76.1 Å². The number of hydrogen-bond donors (Lipinski definition) is 3. The zero-order valence-corrected chi connectivity index (χ0v) is 7.93. The Kier molecular flexibility index (Phi) is 3.02. The molecule has 0 aromatic carbocycles. The van der Waals surface area contributed by atoms with Crippen molar-refractivity contribution in [2.75, 3.05) is 13.2 Å². The van der Waals surface area contributed by atoms with E-state index < -0.39 is 10.0 Å². The molecule has 0 bridgehead atoms. The van der Waals surface area contributed by atoms with E-state index in [1.807, 2.05) is 0 Å². The summed E-state index contributed by atoms with van der Waals surface area (Å²) in [5, 5.41) is 8.44. The van der Waals surface area contributed by atoms with Crippen molar-refractivity contribution in [3.63, 3.8) is 0 Å². The van der Waals surface area contributed by atoms with E-state index in [0.29, 0.717) is 5.82 Å².